The van der Waals surface area contributed by atoms with E-state index in [4.69, 9.17) is 0 Å². The minimum absolute atomic E-state index is 0.512. The van der Waals surface area contributed by atoms with Crippen molar-refractivity contribution < 1.29 is 26.4 Å². The van der Waals surface area contributed by atoms with Gasteiger partial charge in [0.25, 0.3) is 0 Å². The normalized spacial score (nSPS) is 11.7. The molecule has 2 aromatic carbocycles. The molecule has 0 aliphatic carbocycles. The van der Waals surface area contributed by atoms with Crippen LogP contribution >= 0.6 is 0 Å². The van der Waals surface area contributed by atoms with Crippen molar-refractivity contribution in [2.24, 2.45) is 0 Å². The Balaban J connectivity index is 2.23. The van der Waals surface area contributed by atoms with E-state index >= 15 is 0 Å². The molecule has 9 heteroatoms. The number of likely N-dealkylation sites (N-methyl/N-ethyl adjacent to an activating group) is 1. The van der Waals surface area contributed by atoms with Crippen LogP contribution < -0.4 is 5.32 Å². The highest BCUT2D eigenvalue weighted by Crippen LogP contribution is 2.24. The summed E-state index contributed by atoms with van der Waals surface area (Å²) >= 11 is 0. The molecule has 0 saturated heterocycles. The zero-order valence-corrected chi connectivity index (χ0v) is 16.0. The first-order chi connectivity index (χ1) is 12.4. The summed E-state index contributed by atoms with van der Waals surface area (Å²) in [4.78, 5) is 11.2. The molecule has 0 atom stereocenters. The summed E-state index contributed by atoms with van der Waals surface area (Å²) in [5.74, 6) is -5.87. The van der Waals surface area contributed by atoms with E-state index in [1.165, 1.54) is 0 Å². The average Bonchev–Trinajstić information content (AvgIpc) is 2.55. The third-order valence-corrected chi connectivity index (χ3v) is 5.82. The molecule has 0 aliphatic heterocycles. The fraction of sp³-hybridized carbons (Fsp3) is 0.278. The van der Waals surface area contributed by atoms with Crippen molar-refractivity contribution in [3.05, 3.63) is 58.4 Å². The van der Waals surface area contributed by atoms with Crippen LogP contribution in [-0.4, -0.2) is 32.2 Å². The highest BCUT2D eigenvalue weighted by Gasteiger charge is 2.29. The average molecular weight is 400 g/mol. The highest BCUT2D eigenvalue weighted by molar-refractivity contribution is 7.89. The Morgan fingerprint density at radius 3 is 2.15 bits per heavy atom. The SMILES string of the molecule is Cc1cc(C)c(NC(=O)CN(C)S(=O)(=O)c2ccc(F)c(F)c2F)c(C)c1. The van der Waals surface area contributed by atoms with E-state index in [2.05, 4.69) is 5.32 Å². The van der Waals surface area contributed by atoms with E-state index in [9.17, 15) is 26.4 Å². The molecule has 0 saturated carbocycles. The maximum Gasteiger partial charge on any atom is 0.246 e. The van der Waals surface area contributed by atoms with Crippen molar-refractivity contribution in [2.75, 3.05) is 18.9 Å². The second-order valence-corrected chi connectivity index (χ2v) is 8.27. The fourth-order valence-corrected chi connectivity index (χ4v) is 3.90. The van der Waals surface area contributed by atoms with Gasteiger partial charge < -0.3 is 5.32 Å². The Bertz CT molecular complexity index is 984. The molecule has 0 radical (unpaired) electrons. The number of benzene rings is 2. The molecule has 0 bridgehead atoms. The summed E-state index contributed by atoms with van der Waals surface area (Å²) < 4.78 is 65.6. The first kappa shape index (κ1) is 20.9. The van der Waals surface area contributed by atoms with Gasteiger partial charge in [-0.2, -0.15) is 4.31 Å². The van der Waals surface area contributed by atoms with Gasteiger partial charge in [-0.15, -0.1) is 0 Å². The molecule has 0 fully saturated rings. The van der Waals surface area contributed by atoms with Crippen molar-refractivity contribution in [3.63, 3.8) is 0 Å². The van der Waals surface area contributed by atoms with Crippen molar-refractivity contribution in [3.8, 4) is 0 Å². The summed E-state index contributed by atoms with van der Waals surface area (Å²) in [5, 5.41) is 2.62. The number of hydrogen-bond acceptors (Lipinski definition) is 3. The molecule has 2 rings (SSSR count). The van der Waals surface area contributed by atoms with Gasteiger partial charge in [0.1, 0.15) is 4.90 Å². The first-order valence-electron chi connectivity index (χ1n) is 7.92. The lowest BCUT2D eigenvalue weighted by molar-refractivity contribution is -0.116. The van der Waals surface area contributed by atoms with Crippen molar-refractivity contribution >= 4 is 21.6 Å². The number of halogens is 3. The number of nitrogens with one attached hydrogen (secondary N) is 1. The Morgan fingerprint density at radius 2 is 1.59 bits per heavy atom. The Morgan fingerprint density at radius 1 is 1.04 bits per heavy atom. The standard InChI is InChI=1S/C18H19F3N2O3S/c1-10-7-11(2)18(12(3)8-10)22-15(24)9-23(4)27(25,26)14-6-5-13(19)16(20)17(14)21/h5-8H,9H2,1-4H3,(H,22,24). The number of carbonyl (C=O) groups excluding carboxylic acids is 1. The number of amides is 1. The second kappa shape index (κ2) is 7.69. The molecule has 0 spiro atoms. The van der Waals surface area contributed by atoms with Crippen LogP contribution in [0.4, 0.5) is 18.9 Å². The molecule has 1 N–H and O–H groups in total. The summed E-state index contributed by atoms with van der Waals surface area (Å²) in [5.41, 5.74) is 3.17. The minimum Gasteiger partial charge on any atom is -0.324 e. The van der Waals surface area contributed by atoms with Crippen LogP contribution in [0.3, 0.4) is 0 Å². The van der Waals surface area contributed by atoms with Gasteiger partial charge in [-0.25, -0.2) is 21.6 Å². The van der Waals surface area contributed by atoms with Crippen molar-refractivity contribution in [2.45, 2.75) is 25.7 Å². The number of aryl methyl sites for hydroxylation is 3. The number of carbonyl (C=O) groups is 1. The Labute approximate surface area is 155 Å². The lowest BCUT2D eigenvalue weighted by atomic mass is 10.1. The molecular weight excluding hydrogens is 381 g/mol. The van der Waals surface area contributed by atoms with E-state index in [1.54, 1.807) is 13.8 Å². The van der Waals surface area contributed by atoms with Gasteiger partial charge in [0.2, 0.25) is 15.9 Å². The molecule has 0 aliphatic rings. The van der Waals surface area contributed by atoms with Crippen LogP contribution in [0.2, 0.25) is 0 Å². The minimum atomic E-state index is -4.53. The zero-order valence-electron chi connectivity index (χ0n) is 15.2. The molecule has 27 heavy (non-hydrogen) atoms. The summed E-state index contributed by atoms with van der Waals surface area (Å²) in [6.07, 6.45) is 0. The number of nitrogens with zero attached hydrogens (tertiary/aromatic N) is 1. The van der Waals surface area contributed by atoms with Crippen molar-refractivity contribution in [1.29, 1.82) is 0 Å². The second-order valence-electron chi connectivity index (χ2n) is 6.26. The summed E-state index contributed by atoms with van der Waals surface area (Å²) in [6, 6.07) is 4.85. The van der Waals surface area contributed by atoms with Gasteiger partial charge in [-0.05, 0) is 44.0 Å². The monoisotopic (exact) mass is 400 g/mol. The van der Waals surface area contributed by atoms with Crippen molar-refractivity contribution in [1.82, 2.24) is 4.31 Å². The van der Waals surface area contributed by atoms with Crippen LogP contribution in [0, 0.1) is 38.2 Å². The largest absolute Gasteiger partial charge is 0.324 e. The number of anilines is 1. The first-order valence-corrected chi connectivity index (χ1v) is 9.36. The third kappa shape index (κ3) is 4.30. The van der Waals surface area contributed by atoms with E-state index in [0.717, 1.165) is 23.7 Å². The van der Waals surface area contributed by atoms with E-state index in [0.29, 0.717) is 22.1 Å². The Kier molecular flexibility index (Phi) is 5.96. The lowest BCUT2D eigenvalue weighted by Gasteiger charge is -2.19. The maximum atomic E-state index is 13.8. The highest BCUT2D eigenvalue weighted by atomic mass is 32.2. The molecular formula is C18H19F3N2O3S. The topological polar surface area (TPSA) is 66.5 Å². The van der Waals surface area contributed by atoms with Crippen LogP contribution in [0.1, 0.15) is 16.7 Å². The van der Waals surface area contributed by atoms with E-state index < -0.39 is 44.8 Å². The molecule has 1 amide bonds. The molecule has 0 heterocycles. The van der Waals surface area contributed by atoms with Crippen LogP contribution in [0.25, 0.3) is 0 Å². The lowest BCUT2D eigenvalue weighted by Crippen LogP contribution is -2.35. The van der Waals surface area contributed by atoms with Gasteiger partial charge in [-0.3, -0.25) is 4.79 Å². The van der Waals surface area contributed by atoms with Crippen LogP contribution in [-0.2, 0) is 14.8 Å². The van der Waals surface area contributed by atoms with Gasteiger partial charge in [0.05, 0.1) is 6.54 Å². The summed E-state index contributed by atoms with van der Waals surface area (Å²) in [7, 11) is -3.49. The zero-order chi connectivity index (χ0) is 20.5. The van der Waals surface area contributed by atoms with Crippen LogP contribution in [0.15, 0.2) is 29.2 Å². The molecule has 2 aromatic rings. The van der Waals surface area contributed by atoms with Gasteiger partial charge in [-0.1, -0.05) is 17.7 Å². The maximum absolute atomic E-state index is 13.8. The van der Waals surface area contributed by atoms with Crippen LogP contribution in [0.5, 0.6) is 0 Å². The molecule has 0 unspecified atom stereocenters. The van der Waals surface area contributed by atoms with Gasteiger partial charge >= 0.3 is 0 Å². The molecule has 0 aromatic heterocycles. The van der Waals surface area contributed by atoms with Gasteiger partial charge in [0, 0.05) is 12.7 Å². The van der Waals surface area contributed by atoms with Gasteiger partial charge in [0.15, 0.2) is 17.5 Å². The molecule has 146 valence electrons. The predicted octanol–water partition coefficient (Wildman–Crippen LogP) is 3.29. The third-order valence-electron chi connectivity index (χ3n) is 4.00. The summed E-state index contributed by atoms with van der Waals surface area (Å²) in [6.45, 7) is 4.87. The molecule has 5 nitrogen and oxygen atoms in total. The number of hydrogen-bond donors (Lipinski definition) is 1. The fourth-order valence-electron chi connectivity index (χ4n) is 2.72. The van der Waals surface area contributed by atoms with E-state index in [1.807, 2.05) is 19.1 Å². The predicted molar refractivity (Wildman–Crippen MR) is 95.4 cm³/mol. The number of rotatable bonds is 5. The smallest absolute Gasteiger partial charge is 0.246 e. The van der Waals surface area contributed by atoms with E-state index in [-0.39, 0.29) is 0 Å². The quantitative estimate of drug-likeness (QED) is 0.784. The number of sulfonamides is 1. The Hall–Kier alpha value is -2.39.